The number of imidazole rings is 2. The number of rotatable bonds is 3. The van der Waals surface area contributed by atoms with Gasteiger partial charge in [0.1, 0.15) is 11.2 Å². The number of halogens is 2. The molecular weight excluding hydrogens is 372 g/mol. The van der Waals surface area contributed by atoms with E-state index in [1.54, 1.807) is 12.4 Å². The molecule has 5 nitrogen and oxygen atoms in total. The number of para-hydroxylation sites is 2. The van der Waals surface area contributed by atoms with Crippen LogP contribution >= 0.6 is 0 Å². The second kappa shape index (κ2) is 6.48. The monoisotopic (exact) mass is 389 g/mol. The standard InChI is InChI=1S/C22H17F2N5/c1-13-20(26-12-28(13)2)22-27-17-5-3-4-6-18(17)29(22)11-14-9-10-25-21-15(14)7-8-16(23)19(21)24/h3-10,12H,11H2,1-2H3. The third-order valence-electron chi connectivity index (χ3n) is 5.32. The number of fused-ring (bicyclic) bond motifs is 2. The molecule has 3 aromatic heterocycles. The van der Waals surface area contributed by atoms with Gasteiger partial charge in [-0.15, -0.1) is 0 Å². The fraction of sp³-hybridized carbons (Fsp3) is 0.136. The molecule has 0 bridgehead atoms. The number of hydrogen-bond acceptors (Lipinski definition) is 3. The van der Waals surface area contributed by atoms with E-state index < -0.39 is 11.6 Å². The zero-order valence-electron chi connectivity index (χ0n) is 15.9. The van der Waals surface area contributed by atoms with Crippen LogP contribution in [-0.2, 0) is 13.6 Å². The number of pyridine rings is 1. The largest absolute Gasteiger partial charge is 0.337 e. The van der Waals surface area contributed by atoms with Crippen molar-refractivity contribution in [2.24, 2.45) is 7.05 Å². The normalized spacial score (nSPS) is 11.6. The van der Waals surface area contributed by atoms with Crippen molar-refractivity contribution >= 4 is 21.9 Å². The van der Waals surface area contributed by atoms with Crippen LogP contribution in [0.4, 0.5) is 8.78 Å². The minimum Gasteiger partial charge on any atom is -0.337 e. The maximum Gasteiger partial charge on any atom is 0.184 e. The molecule has 2 aromatic carbocycles. The van der Waals surface area contributed by atoms with Crippen molar-refractivity contribution in [1.82, 2.24) is 24.1 Å². The fourth-order valence-corrected chi connectivity index (χ4v) is 3.65. The van der Waals surface area contributed by atoms with Gasteiger partial charge < -0.3 is 9.13 Å². The second-order valence-electron chi connectivity index (χ2n) is 7.03. The molecule has 0 spiro atoms. The number of hydrogen-bond donors (Lipinski definition) is 0. The molecule has 0 unspecified atom stereocenters. The summed E-state index contributed by atoms with van der Waals surface area (Å²) >= 11 is 0. The van der Waals surface area contributed by atoms with Gasteiger partial charge in [-0.2, -0.15) is 0 Å². The van der Waals surface area contributed by atoms with Crippen LogP contribution in [0.15, 0.2) is 55.0 Å². The fourth-order valence-electron chi connectivity index (χ4n) is 3.65. The highest BCUT2D eigenvalue weighted by Gasteiger charge is 2.19. The summed E-state index contributed by atoms with van der Waals surface area (Å²) in [4.78, 5) is 13.4. The lowest BCUT2D eigenvalue weighted by atomic mass is 10.1. The second-order valence-corrected chi connectivity index (χ2v) is 7.03. The van der Waals surface area contributed by atoms with E-state index in [9.17, 15) is 8.78 Å². The Morgan fingerprint density at radius 1 is 1.00 bits per heavy atom. The highest BCUT2D eigenvalue weighted by atomic mass is 19.2. The van der Waals surface area contributed by atoms with Crippen LogP contribution in [0.2, 0.25) is 0 Å². The van der Waals surface area contributed by atoms with E-state index in [1.807, 2.05) is 48.9 Å². The Morgan fingerprint density at radius 2 is 1.83 bits per heavy atom. The quantitative estimate of drug-likeness (QED) is 0.452. The van der Waals surface area contributed by atoms with Crippen LogP contribution in [0.3, 0.4) is 0 Å². The number of aryl methyl sites for hydroxylation is 1. The Bertz CT molecular complexity index is 1380. The molecule has 0 aliphatic heterocycles. The highest BCUT2D eigenvalue weighted by Crippen LogP contribution is 2.29. The van der Waals surface area contributed by atoms with E-state index in [0.717, 1.165) is 39.9 Å². The maximum absolute atomic E-state index is 14.2. The molecule has 144 valence electrons. The number of benzene rings is 2. The van der Waals surface area contributed by atoms with Gasteiger partial charge in [-0.05, 0) is 42.8 Å². The van der Waals surface area contributed by atoms with Gasteiger partial charge in [-0.25, -0.2) is 18.7 Å². The topological polar surface area (TPSA) is 48.5 Å². The summed E-state index contributed by atoms with van der Waals surface area (Å²) in [5, 5.41) is 0.577. The minimum atomic E-state index is -0.930. The molecule has 5 rings (SSSR count). The average Bonchev–Trinajstić information content (AvgIpc) is 3.25. The zero-order chi connectivity index (χ0) is 20.1. The summed E-state index contributed by atoms with van der Waals surface area (Å²) in [7, 11) is 1.94. The van der Waals surface area contributed by atoms with Gasteiger partial charge >= 0.3 is 0 Å². The van der Waals surface area contributed by atoms with Crippen molar-refractivity contribution in [1.29, 1.82) is 0 Å². The van der Waals surface area contributed by atoms with Crippen LogP contribution in [0.1, 0.15) is 11.3 Å². The van der Waals surface area contributed by atoms with Gasteiger partial charge in [0.25, 0.3) is 0 Å². The molecule has 0 amide bonds. The predicted molar refractivity (Wildman–Crippen MR) is 107 cm³/mol. The third kappa shape index (κ3) is 2.69. The molecule has 0 aliphatic carbocycles. The summed E-state index contributed by atoms with van der Waals surface area (Å²) in [5.41, 5.74) is 4.44. The third-order valence-corrected chi connectivity index (χ3v) is 5.32. The van der Waals surface area contributed by atoms with Crippen LogP contribution in [0.5, 0.6) is 0 Å². The lowest BCUT2D eigenvalue weighted by molar-refractivity contribution is 0.515. The van der Waals surface area contributed by atoms with Crippen molar-refractivity contribution in [3.8, 4) is 11.5 Å². The predicted octanol–water partition coefficient (Wildman–Crippen LogP) is 4.62. The van der Waals surface area contributed by atoms with E-state index in [0.29, 0.717) is 11.9 Å². The van der Waals surface area contributed by atoms with Crippen molar-refractivity contribution < 1.29 is 8.78 Å². The van der Waals surface area contributed by atoms with Crippen LogP contribution in [0.25, 0.3) is 33.5 Å². The van der Waals surface area contributed by atoms with Gasteiger partial charge in [0, 0.05) is 24.3 Å². The summed E-state index contributed by atoms with van der Waals surface area (Å²) < 4.78 is 31.9. The zero-order valence-corrected chi connectivity index (χ0v) is 15.9. The Kier molecular flexibility index (Phi) is 3.91. The Morgan fingerprint density at radius 3 is 2.62 bits per heavy atom. The van der Waals surface area contributed by atoms with Gasteiger partial charge in [-0.1, -0.05) is 12.1 Å². The number of nitrogens with zero attached hydrogens (tertiary/aromatic N) is 5. The van der Waals surface area contributed by atoms with Gasteiger partial charge in [0.2, 0.25) is 0 Å². The van der Waals surface area contributed by atoms with Crippen molar-refractivity contribution in [2.75, 3.05) is 0 Å². The van der Waals surface area contributed by atoms with Gasteiger partial charge in [0.15, 0.2) is 17.5 Å². The summed E-state index contributed by atoms with van der Waals surface area (Å²) in [6.45, 7) is 2.42. The summed E-state index contributed by atoms with van der Waals surface area (Å²) in [5.74, 6) is -1.10. The Hall–Kier alpha value is -3.61. The van der Waals surface area contributed by atoms with Crippen LogP contribution in [0, 0.1) is 18.6 Å². The lowest BCUT2D eigenvalue weighted by Crippen LogP contribution is -2.05. The molecule has 0 N–H and O–H groups in total. The lowest BCUT2D eigenvalue weighted by Gasteiger charge is -2.12. The first kappa shape index (κ1) is 17.5. The van der Waals surface area contributed by atoms with E-state index in [4.69, 9.17) is 4.98 Å². The van der Waals surface area contributed by atoms with E-state index in [1.165, 1.54) is 6.20 Å². The Balaban J connectivity index is 1.74. The smallest absolute Gasteiger partial charge is 0.184 e. The first-order valence-electron chi connectivity index (χ1n) is 9.19. The Labute approximate surface area is 165 Å². The van der Waals surface area contributed by atoms with Crippen molar-refractivity contribution in [2.45, 2.75) is 13.5 Å². The average molecular weight is 389 g/mol. The molecule has 0 fully saturated rings. The SMILES string of the molecule is Cc1c(-c2nc3ccccc3n2Cc2ccnc3c(F)c(F)ccc23)ncn1C. The highest BCUT2D eigenvalue weighted by molar-refractivity contribution is 5.84. The first-order valence-corrected chi connectivity index (χ1v) is 9.19. The molecule has 0 aliphatic rings. The molecule has 3 heterocycles. The molecule has 0 radical (unpaired) electrons. The van der Waals surface area contributed by atoms with Crippen molar-refractivity contribution in [3.05, 3.63) is 77.9 Å². The van der Waals surface area contributed by atoms with Gasteiger partial charge in [-0.3, -0.25) is 4.98 Å². The molecule has 0 atom stereocenters. The molecule has 29 heavy (non-hydrogen) atoms. The van der Waals surface area contributed by atoms with E-state index in [2.05, 4.69) is 14.5 Å². The van der Waals surface area contributed by atoms with E-state index in [-0.39, 0.29) is 5.52 Å². The van der Waals surface area contributed by atoms with Crippen LogP contribution < -0.4 is 0 Å². The molecule has 7 heteroatoms. The number of aromatic nitrogens is 5. The maximum atomic E-state index is 14.2. The van der Waals surface area contributed by atoms with Gasteiger partial charge in [0.05, 0.1) is 23.9 Å². The van der Waals surface area contributed by atoms with Crippen LogP contribution in [-0.4, -0.2) is 24.1 Å². The van der Waals surface area contributed by atoms with Crippen molar-refractivity contribution in [3.63, 3.8) is 0 Å². The summed E-state index contributed by atoms with van der Waals surface area (Å²) in [6, 6.07) is 12.4. The molecular formula is C22H17F2N5. The first-order chi connectivity index (χ1) is 14.0. The minimum absolute atomic E-state index is 0.0301. The summed E-state index contributed by atoms with van der Waals surface area (Å²) in [6.07, 6.45) is 3.26. The molecule has 0 saturated carbocycles. The molecule has 5 aromatic rings. The van der Waals surface area contributed by atoms with E-state index >= 15 is 0 Å². The molecule has 0 saturated heterocycles.